The minimum absolute atomic E-state index is 0.0386. The second-order valence-corrected chi connectivity index (χ2v) is 6.75. The minimum Gasteiger partial charge on any atom is -0.358 e. The van der Waals surface area contributed by atoms with Gasteiger partial charge in [0.1, 0.15) is 6.04 Å². The number of aryl methyl sites for hydroxylation is 1. The van der Waals surface area contributed by atoms with E-state index in [1.807, 2.05) is 0 Å². The molecule has 0 radical (unpaired) electrons. The highest BCUT2D eigenvalue weighted by Gasteiger charge is 2.41. The summed E-state index contributed by atoms with van der Waals surface area (Å²) in [5.41, 5.74) is 0. The highest BCUT2D eigenvalue weighted by atomic mass is 79.9. The smallest absolute Gasteiger partial charge is 0.263 e. The standard InChI is InChI=1S/C9H14BrN5O3S/c1-11-8(16)6-4-3-5-15(6)19(17,18)9-7(10)12-13-14(9)2/h6H,3-5H2,1-2H3,(H,11,16). The molecule has 1 saturated heterocycles. The number of hydrogen-bond acceptors (Lipinski definition) is 5. The van der Waals surface area contributed by atoms with E-state index >= 15 is 0 Å². The number of sulfonamides is 1. The van der Waals surface area contributed by atoms with Gasteiger partial charge in [-0.1, -0.05) is 5.21 Å². The van der Waals surface area contributed by atoms with Crippen LogP contribution in [-0.4, -0.2) is 53.3 Å². The molecule has 1 aromatic heterocycles. The first-order valence-electron chi connectivity index (χ1n) is 5.68. The van der Waals surface area contributed by atoms with E-state index < -0.39 is 16.1 Å². The summed E-state index contributed by atoms with van der Waals surface area (Å²) in [6.45, 7) is 0.317. The van der Waals surface area contributed by atoms with Gasteiger partial charge in [-0.3, -0.25) is 4.79 Å². The van der Waals surface area contributed by atoms with Crippen molar-refractivity contribution in [2.24, 2.45) is 7.05 Å². The Hall–Kier alpha value is -1.00. The van der Waals surface area contributed by atoms with Gasteiger partial charge in [-0.25, -0.2) is 13.1 Å². The molecule has 0 spiro atoms. The van der Waals surface area contributed by atoms with E-state index in [1.54, 1.807) is 0 Å². The number of rotatable bonds is 3. The van der Waals surface area contributed by atoms with Crippen LogP contribution < -0.4 is 5.32 Å². The summed E-state index contributed by atoms with van der Waals surface area (Å²) in [4.78, 5) is 11.7. The van der Waals surface area contributed by atoms with Crippen LogP contribution in [0.15, 0.2) is 9.63 Å². The highest BCUT2D eigenvalue weighted by Crippen LogP contribution is 2.28. The molecular formula is C9H14BrN5O3S. The summed E-state index contributed by atoms with van der Waals surface area (Å²) in [7, 11) is -0.809. The average molecular weight is 352 g/mol. The molecule has 2 rings (SSSR count). The molecule has 1 aliphatic rings. The number of carbonyl (C=O) groups excluding carboxylic acids is 1. The van der Waals surface area contributed by atoms with E-state index in [9.17, 15) is 13.2 Å². The monoisotopic (exact) mass is 351 g/mol. The maximum absolute atomic E-state index is 12.6. The Kier molecular flexibility index (Phi) is 3.92. The molecular weight excluding hydrogens is 338 g/mol. The van der Waals surface area contributed by atoms with Crippen LogP contribution in [0.3, 0.4) is 0 Å². The summed E-state index contributed by atoms with van der Waals surface area (Å²) in [5.74, 6) is -0.299. The number of hydrogen-bond donors (Lipinski definition) is 1. The van der Waals surface area contributed by atoms with Crippen molar-refractivity contribution in [3.63, 3.8) is 0 Å². The van der Waals surface area contributed by atoms with Crippen molar-refractivity contribution in [2.45, 2.75) is 23.9 Å². The number of nitrogens with one attached hydrogen (secondary N) is 1. The first kappa shape index (κ1) is 14.4. The van der Waals surface area contributed by atoms with Crippen molar-refractivity contribution in [3.05, 3.63) is 4.60 Å². The molecule has 0 aliphatic carbocycles. The summed E-state index contributed by atoms with van der Waals surface area (Å²) < 4.78 is 27.7. The van der Waals surface area contributed by atoms with E-state index in [1.165, 1.54) is 23.1 Å². The zero-order chi connectivity index (χ0) is 14.2. The Bertz CT molecular complexity index is 579. The van der Waals surface area contributed by atoms with Gasteiger partial charge in [0.2, 0.25) is 10.9 Å². The van der Waals surface area contributed by atoms with Crippen LogP contribution >= 0.6 is 15.9 Å². The lowest BCUT2D eigenvalue weighted by molar-refractivity contribution is -0.123. The topological polar surface area (TPSA) is 97.2 Å². The Morgan fingerprint density at radius 1 is 1.53 bits per heavy atom. The molecule has 1 atom stereocenters. The Morgan fingerprint density at radius 3 is 2.74 bits per heavy atom. The van der Waals surface area contributed by atoms with Crippen LogP contribution in [0, 0.1) is 0 Å². The maximum Gasteiger partial charge on any atom is 0.263 e. The predicted molar refractivity (Wildman–Crippen MR) is 69.7 cm³/mol. The SMILES string of the molecule is CNC(=O)C1CCCN1S(=O)(=O)c1c(Br)nnn1C. The molecule has 19 heavy (non-hydrogen) atoms. The molecule has 1 amide bonds. The molecule has 0 saturated carbocycles. The zero-order valence-electron chi connectivity index (χ0n) is 10.5. The maximum atomic E-state index is 12.6. The Morgan fingerprint density at radius 2 is 2.21 bits per heavy atom. The van der Waals surface area contributed by atoms with Gasteiger partial charge in [0.15, 0.2) is 4.60 Å². The second kappa shape index (κ2) is 5.17. The lowest BCUT2D eigenvalue weighted by Gasteiger charge is -2.22. The fourth-order valence-corrected chi connectivity index (χ4v) is 4.86. The molecule has 1 unspecified atom stereocenters. The fourth-order valence-electron chi connectivity index (χ4n) is 2.16. The van der Waals surface area contributed by atoms with E-state index in [4.69, 9.17) is 0 Å². The fraction of sp³-hybridized carbons (Fsp3) is 0.667. The predicted octanol–water partition coefficient (Wildman–Crippen LogP) is -0.523. The molecule has 1 N–H and O–H groups in total. The van der Waals surface area contributed by atoms with E-state index in [-0.39, 0.29) is 15.5 Å². The van der Waals surface area contributed by atoms with Gasteiger partial charge in [-0.2, -0.15) is 4.31 Å². The van der Waals surface area contributed by atoms with E-state index in [2.05, 4.69) is 31.6 Å². The number of likely N-dealkylation sites (N-methyl/N-ethyl adjacent to an activating group) is 1. The van der Waals surface area contributed by atoms with Crippen molar-refractivity contribution in [1.82, 2.24) is 24.6 Å². The highest BCUT2D eigenvalue weighted by molar-refractivity contribution is 9.10. The van der Waals surface area contributed by atoms with Gasteiger partial charge < -0.3 is 5.32 Å². The molecule has 1 aromatic rings. The Balaban J connectivity index is 2.43. The molecule has 2 heterocycles. The molecule has 0 bridgehead atoms. The van der Waals surface area contributed by atoms with Gasteiger partial charge in [0.05, 0.1) is 0 Å². The van der Waals surface area contributed by atoms with Crippen LogP contribution in [0.2, 0.25) is 0 Å². The van der Waals surface area contributed by atoms with Crippen LogP contribution in [0.4, 0.5) is 0 Å². The Labute approximate surface area is 119 Å². The van der Waals surface area contributed by atoms with Crippen LogP contribution in [0.5, 0.6) is 0 Å². The van der Waals surface area contributed by atoms with Crippen molar-refractivity contribution in [1.29, 1.82) is 0 Å². The van der Waals surface area contributed by atoms with Crippen molar-refractivity contribution in [2.75, 3.05) is 13.6 Å². The van der Waals surface area contributed by atoms with Gasteiger partial charge in [-0.15, -0.1) is 5.10 Å². The number of nitrogens with zero attached hydrogens (tertiary/aromatic N) is 4. The number of halogens is 1. The van der Waals surface area contributed by atoms with Crippen LogP contribution in [-0.2, 0) is 21.9 Å². The first-order valence-corrected chi connectivity index (χ1v) is 7.91. The quantitative estimate of drug-likeness (QED) is 0.789. The molecule has 10 heteroatoms. The molecule has 0 aromatic carbocycles. The largest absolute Gasteiger partial charge is 0.358 e. The number of carbonyl (C=O) groups is 1. The van der Waals surface area contributed by atoms with Crippen LogP contribution in [0.1, 0.15) is 12.8 Å². The van der Waals surface area contributed by atoms with Crippen molar-refractivity contribution < 1.29 is 13.2 Å². The number of aromatic nitrogens is 3. The molecule has 1 aliphatic heterocycles. The van der Waals surface area contributed by atoms with Gasteiger partial charge in [0.25, 0.3) is 10.0 Å². The lowest BCUT2D eigenvalue weighted by Crippen LogP contribution is -2.45. The third kappa shape index (κ3) is 2.39. The summed E-state index contributed by atoms with van der Waals surface area (Å²) in [5, 5.41) is 9.77. The third-order valence-corrected chi connectivity index (χ3v) is 5.84. The third-order valence-electron chi connectivity index (χ3n) is 3.04. The van der Waals surface area contributed by atoms with E-state index in [0.29, 0.717) is 19.4 Å². The van der Waals surface area contributed by atoms with Crippen LogP contribution in [0.25, 0.3) is 0 Å². The molecule has 8 nitrogen and oxygen atoms in total. The second-order valence-electron chi connectivity index (χ2n) is 4.20. The van der Waals surface area contributed by atoms with E-state index in [0.717, 1.165) is 0 Å². The normalized spacial score (nSPS) is 20.7. The van der Waals surface area contributed by atoms with Gasteiger partial charge in [0, 0.05) is 20.6 Å². The number of amides is 1. The molecule has 106 valence electrons. The average Bonchev–Trinajstić information content (AvgIpc) is 2.95. The summed E-state index contributed by atoms with van der Waals surface area (Å²) in [6, 6.07) is -0.670. The summed E-state index contributed by atoms with van der Waals surface area (Å²) in [6.07, 6.45) is 1.17. The molecule has 1 fully saturated rings. The van der Waals surface area contributed by atoms with Crippen molar-refractivity contribution in [3.8, 4) is 0 Å². The summed E-state index contributed by atoms with van der Waals surface area (Å²) >= 11 is 3.07. The van der Waals surface area contributed by atoms with Gasteiger partial charge in [-0.05, 0) is 28.8 Å². The van der Waals surface area contributed by atoms with Crippen molar-refractivity contribution >= 4 is 31.9 Å². The lowest BCUT2D eigenvalue weighted by atomic mass is 10.2. The zero-order valence-corrected chi connectivity index (χ0v) is 12.9. The first-order chi connectivity index (χ1) is 8.89. The van der Waals surface area contributed by atoms with Gasteiger partial charge >= 0.3 is 0 Å². The minimum atomic E-state index is -3.80.